The SMILES string of the molecule is CCCCc1ccc(-c2cccc(C3CCOC3=O)c2)cc1. The zero-order chi connectivity index (χ0) is 15.4. The third kappa shape index (κ3) is 3.22. The predicted molar refractivity (Wildman–Crippen MR) is 88.8 cm³/mol. The van der Waals surface area contributed by atoms with Crippen LogP contribution >= 0.6 is 0 Å². The molecule has 1 aliphatic heterocycles. The van der Waals surface area contributed by atoms with E-state index in [2.05, 4.69) is 43.3 Å². The average Bonchev–Trinajstić information content (AvgIpc) is 3.00. The Labute approximate surface area is 132 Å². The molecule has 2 aromatic carbocycles. The zero-order valence-electron chi connectivity index (χ0n) is 13.0. The Morgan fingerprint density at radius 1 is 1.09 bits per heavy atom. The van der Waals surface area contributed by atoms with Crippen molar-refractivity contribution in [1.82, 2.24) is 0 Å². The summed E-state index contributed by atoms with van der Waals surface area (Å²) in [5.74, 6) is -0.184. The molecule has 0 saturated carbocycles. The van der Waals surface area contributed by atoms with Gasteiger partial charge in [0.1, 0.15) is 0 Å². The van der Waals surface area contributed by atoms with Crippen molar-refractivity contribution < 1.29 is 9.53 Å². The van der Waals surface area contributed by atoms with Crippen LogP contribution in [0.4, 0.5) is 0 Å². The highest BCUT2D eigenvalue weighted by Gasteiger charge is 2.28. The van der Waals surface area contributed by atoms with Crippen molar-refractivity contribution >= 4 is 5.97 Å². The molecule has 0 bridgehead atoms. The fraction of sp³-hybridized carbons (Fsp3) is 0.350. The normalized spacial score (nSPS) is 17.5. The first-order valence-corrected chi connectivity index (χ1v) is 8.14. The summed E-state index contributed by atoms with van der Waals surface area (Å²) in [6, 6.07) is 17.1. The maximum absolute atomic E-state index is 11.7. The molecule has 1 fully saturated rings. The monoisotopic (exact) mass is 294 g/mol. The van der Waals surface area contributed by atoms with Gasteiger partial charge in [0.25, 0.3) is 0 Å². The van der Waals surface area contributed by atoms with Crippen LogP contribution in [0.3, 0.4) is 0 Å². The Morgan fingerprint density at radius 2 is 1.91 bits per heavy atom. The number of unbranched alkanes of at least 4 members (excludes halogenated alkanes) is 1. The number of aryl methyl sites for hydroxylation is 1. The van der Waals surface area contributed by atoms with Crippen molar-refractivity contribution in [2.24, 2.45) is 0 Å². The van der Waals surface area contributed by atoms with E-state index in [1.54, 1.807) is 0 Å². The number of hydrogen-bond acceptors (Lipinski definition) is 2. The summed E-state index contributed by atoms with van der Waals surface area (Å²) in [5, 5.41) is 0. The van der Waals surface area contributed by atoms with Crippen LogP contribution in [0.1, 0.15) is 43.2 Å². The minimum atomic E-state index is -0.0937. The Bertz CT molecular complexity index is 643. The van der Waals surface area contributed by atoms with Gasteiger partial charge in [0.2, 0.25) is 0 Å². The first kappa shape index (κ1) is 14.8. The van der Waals surface area contributed by atoms with E-state index in [-0.39, 0.29) is 11.9 Å². The van der Waals surface area contributed by atoms with Gasteiger partial charge in [0, 0.05) is 0 Å². The largest absolute Gasteiger partial charge is 0.465 e. The highest BCUT2D eigenvalue weighted by Crippen LogP contribution is 2.30. The van der Waals surface area contributed by atoms with E-state index in [1.165, 1.54) is 29.5 Å². The van der Waals surface area contributed by atoms with E-state index in [0.29, 0.717) is 6.61 Å². The topological polar surface area (TPSA) is 26.3 Å². The number of benzene rings is 2. The van der Waals surface area contributed by atoms with E-state index >= 15 is 0 Å². The van der Waals surface area contributed by atoms with Crippen LogP contribution in [0.2, 0.25) is 0 Å². The minimum absolute atomic E-state index is 0.0907. The van der Waals surface area contributed by atoms with Crippen molar-refractivity contribution in [2.45, 2.75) is 38.5 Å². The molecule has 1 unspecified atom stereocenters. The Kier molecular flexibility index (Phi) is 4.57. The molecule has 22 heavy (non-hydrogen) atoms. The molecule has 0 radical (unpaired) electrons. The molecule has 0 spiro atoms. The first-order valence-electron chi connectivity index (χ1n) is 8.14. The lowest BCUT2D eigenvalue weighted by atomic mass is 9.93. The summed E-state index contributed by atoms with van der Waals surface area (Å²) in [6.07, 6.45) is 4.39. The van der Waals surface area contributed by atoms with Gasteiger partial charge < -0.3 is 4.74 Å². The van der Waals surface area contributed by atoms with Crippen LogP contribution in [0.5, 0.6) is 0 Å². The molecule has 114 valence electrons. The summed E-state index contributed by atoms with van der Waals surface area (Å²) >= 11 is 0. The van der Waals surface area contributed by atoms with Crippen molar-refractivity contribution in [3.05, 3.63) is 59.7 Å². The molecule has 0 amide bonds. The molecule has 2 heteroatoms. The lowest BCUT2D eigenvalue weighted by molar-refractivity contribution is -0.139. The number of hydrogen-bond donors (Lipinski definition) is 0. The van der Waals surface area contributed by atoms with Gasteiger partial charge in [-0.05, 0) is 41.5 Å². The predicted octanol–water partition coefficient (Wildman–Crippen LogP) is 4.73. The summed E-state index contributed by atoms with van der Waals surface area (Å²) < 4.78 is 5.08. The number of carbonyl (C=O) groups excluding carboxylic acids is 1. The zero-order valence-corrected chi connectivity index (χ0v) is 13.0. The van der Waals surface area contributed by atoms with Crippen LogP contribution in [0.15, 0.2) is 48.5 Å². The van der Waals surface area contributed by atoms with Crippen LogP contribution in [0.25, 0.3) is 11.1 Å². The van der Waals surface area contributed by atoms with E-state index in [4.69, 9.17) is 4.74 Å². The number of esters is 1. The number of cyclic esters (lactones) is 1. The van der Waals surface area contributed by atoms with Gasteiger partial charge in [-0.15, -0.1) is 0 Å². The highest BCUT2D eigenvalue weighted by molar-refractivity contribution is 5.80. The molecule has 0 aromatic heterocycles. The van der Waals surface area contributed by atoms with Gasteiger partial charge in [-0.25, -0.2) is 0 Å². The second-order valence-corrected chi connectivity index (χ2v) is 5.93. The van der Waals surface area contributed by atoms with Crippen molar-refractivity contribution in [3.8, 4) is 11.1 Å². The summed E-state index contributed by atoms with van der Waals surface area (Å²) in [5.41, 5.74) is 4.82. The van der Waals surface area contributed by atoms with Crippen molar-refractivity contribution in [1.29, 1.82) is 0 Å². The molecule has 1 heterocycles. The number of rotatable bonds is 5. The van der Waals surface area contributed by atoms with Crippen LogP contribution in [-0.4, -0.2) is 12.6 Å². The molecular formula is C20H22O2. The van der Waals surface area contributed by atoms with Crippen molar-refractivity contribution in [3.63, 3.8) is 0 Å². The van der Waals surface area contributed by atoms with Gasteiger partial charge in [-0.3, -0.25) is 4.79 Å². The van der Waals surface area contributed by atoms with E-state index in [0.717, 1.165) is 18.4 Å². The van der Waals surface area contributed by atoms with Gasteiger partial charge in [0.15, 0.2) is 0 Å². The Morgan fingerprint density at radius 3 is 2.59 bits per heavy atom. The summed E-state index contributed by atoms with van der Waals surface area (Å²) in [7, 11) is 0. The van der Waals surface area contributed by atoms with E-state index in [1.807, 2.05) is 12.1 Å². The Hall–Kier alpha value is -2.09. The highest BCUT2D eigenvalue weighted by atomic mass is 16.5. The Balaban J connectivity index is 1.81. The molecule has 1 saturated heterocycles. The lowest BCUT2D eigenvalue weighted by Crippen LogP contribution is -2.05. The molecule has 0 aliphatic carbocycles. The molecule has 2 aromatic rings. The van der Waals surface area contributed by atoms with Gasteiger partial charge in [-0.2, -0.15) is 0 Å². The van der Waals surface area contributed by atoms with E-state index in [9.17, 15) is 4.79 Å². The van der Waals surface area contributed by atoms with E-state index < -0.39 is 0 Å². The average molecular weight is 294 g/mol. The standard InChI is InChI=1S/C20H22O2/c1-2-3-5-15-8-10-16(11-9-15)17-6-4-7-18(14-17)19-12-13-22-20(19)21/h4,6-11,14,19H,2-3,5,12-13H2,1H3. The van der Waals surface area contributed by atoms with Crippen molar-refractivity contribution in [2.75, 3.05) is 6.61 Å². The molecule has 3 rings (SSSR count). The first-order chi connectivity index (χ1) is 10.8. The second-order valence-electron chi connectivity index (χ2n) is 5.93. The van der Waals surface area contributed by atoms with Gasteiger partial charge in [-0.1, -0.05) is 61.9 Å². The van der Waals surface area contributed by atoms with Crippen LogP contribution in [0, 0.1) is 0 Å². The maximum Gasteiger partial charge on any atom is 0.313 e. The molecule has 0 N–H and O–H groups in total. The molecule has 1 aliphatic rings. The van der Waals surface area contributed by atoms with Crippen LogP contribution in [-0.2, 0) is 16.0 Å². The molecule has 1 atom stereocenters. The fourth-order valence-corrected chi connectivity index (χ4v) is 2.98. The minimum Gasteiger partial charge on any atom is -0.465 e. The maximum atomic E-state index is 11.7. The second kappa shape index (κ2) is 6.78. The fourth-order valence-electron chi connectivity index (χ4n) is 2.98. The quantitative estimate of drug-likeness (QED) is 0.745. The van der Waals surface area contributed by atoms with Crippen LogP contribution < -0.4 is 0 Å². The molecule has 2 nitrogen and oxygen atoms in total. The van der Waals surface area contributed by atoms with Gasteiger partial charge in [0.05, 0.1) is 12.5 Å². The van der Waals surface area contributed by atoms with Gasteiger partial charge >= 0.3 is 5.97 Å². The molecular weight excluding hydrogens is 272 g/mol. The third-order valence-corrected chi connectivity index (χ3v) is 4.33. The number of ether oxygens (including phenoxy) is 1. The summed E-state index contributed by atoms with van der Waals surface area (Å²) in [4.78, 5) is 11.7. The number of carbonyl (C=O) groups is 1. The third-order valence-electron chi connectivity index (χ3n) is 4.33. The smallest absolute Gasteiger partial charge is 0.313 e. The summed E-state index contributed by atoms with van der Waals surface area (Å²) in [6.45, 7) is 2.76. The lowest BCUT2D eigenvalue weighted by Gasteiger charge is -2.09.